The van der Waals surface area contributed by atoms with Crippen molar-refractivity contribution in [2.24, 2.45) is 5.92 Å². The molecule has 3 nitrogen and oxygen atoms in total. The Morgan fingerprint density at radius 1 is 1.18 bits per heavy atom. The Labute approximate surface area is 104 Å². The molecule has 1 aliphatic carbocycles. The van der Waals surface area contributed by atoms with Gasteiger partial charge in [-0.1, -0.05) is 25.3 Å². The van der Waals surface area contributed by atoms with E-state index in [-0.39, 0.29) is 5.91 Å². The summed E-state index contributed by atoms with van der Waals surface area (Å²) in [4.78, 5) is 14.1. The predicted molar refractivity (Wildman–Crippen MR) is 67.7 cm³/mol. The van der Waals surface area contributed by atoms with Crippen LogP contribution in [0.2, 0.25) is 0 Å². The zero-order chi connectivity index (χ0) is 12.1. The van der Waals surface area contributed by atoms with Gasteiger partial charge in [0.25, 0.3) is 0 Å². The fourth-order valence-electron chi connectivity index (χ4n) is 2.74. The number of ether oxygens (including phenoxy) is 1. The zero-order valence-electron chi connectivity index (χ0n) is 10.8. The Morgan fingerprint density at radius 2 is 1.82 bits per heavy atom. The average molecular weight is 237 g/mol. The Bertz CT molecular complexity index is 287. The number of amides is 1. The van der Waals surface area contributed by atoms with Crippen LogP contribution in [-0.4, -0.2) is 37.1 Å². The molecule has 0 aromatic carbocycles. The van der Waals surface area contributed by atoms with E-state index in [4.69, 9.17) is 4.74 Å². The summed E-state index contributed by atoms with van der Waals surface area (Å²) in [6.07, 6.45) is 8.72. The van der Waals surface area contributed by atoms with Crippen LogP contribution < -0.4 is 0 Å². The summed E-state index contributed by atoms with van der Waals surface area (Å²) in [6, 6.07) is 0. The highest BCUT2D eigenvalue weighted by Gasteiger charge is 2.19. The van der Waals surface area contributed by atoms with Crippen molar-refractivity contribution < 1.29 is 9.53 Å². The number of morpholine rings is 1. The Hall–Kier alpha value is -0.830. The smallest absolute Gasteiger partial charge is 0.249 e. The van der Waals surface area contributed by atoms with Gasteiger partial charge in [0.05, 0.1) is 13.2 Å². The molecular formula is C14H23NO2. The number of hydrogen-bond donors (Lipinski definition) is 0. The molecule has 2 fully saturated rings. The lowest BCUT2D eigenvalue weighted by molar-refractivity contribution is -0.131. The lowest BCUT2D eigenvalue weighted by Gasteiger charge is -2.27. The first kappa shape index (κ1) is 12.6. The summed E-state index contributed by atoms with van der Waals surface area (Å²) in [7, 11) is 0. The Balaban J connectivity index is 1.90. The fourth-order valence-corrected chi connectivity index (χ4v) is 2.74. The van der Waals surface area contributed by atoms with Crippen molar-refractivity contribution in [2.45, 2.75) is 39.0 Å². The van der Waals surface area contributed by atoms with Gasteiger partial charge in [0.2, 0.25) is 5.91 Å². The van der Waals surface area contributed by atoms with Crippen LogP contribution in [0.3, 0.4) is 0 Å². The van der Waals surface area contributed by atoms with Gasteiger partial charge in [-0.05, 0) is 25.7 Å². The Morgan fingerprint density at radius 3 is 2.47 bits per heavy atom. The molecule has 0 aromatic rings. The van der Waals surface area contributed by atoms with Crippen LogP contribution in [0.25, 0.3) is 0 Å². The summed E-state index contributed by atoms with van der Waals surface area (Å²) < 4.78 is 5.27. The van der Waals surface area contributed by atoms with Crippen LogP contribution in [0, 0.1) is 5.92 Å². The normalized spacial score (nSPS) is 23.8. The predicted octanol–water partition coefficient (Wildman–Crippen LogP) is 2.37. The molecule has 1 aliphatic heterocycles. The molecule has 0 atom stereocenters. The summed E-state index contributed by atoms with van der Waals surface area (Å²) in [5, 5.41) is 0. The first-order valence-corrected chi connectivity index (χ1v) is 6.83. The molecule has 0 aromatic heterocycles. The zero-order valence-corrected chi connectivity index (χ0v) is 10.8. The van der Waals surface area contributed by atoms with Crippen LogP contribution in [0.15, 0.2) is 11.6 Å². The lowest BCUT2D eigenvalue weighted by Crippen LogP contribution is -2.41. The molecule has 0 unspecified atom stereocenters. The van der Waals surface area contributed by atoms with Gasteiger partial charge in [-0.25, -0.2) is 0 Å². The molecule has 1 saturated carbocycles. The third-order valence-electron chi connectivity index (χ3n) is 3.77. The quantitative estimate of drug-likeness (QED) is 0.690. The van der Waals surface area contributed by atoms with Crippen LogP contribution >= 0.6 is 0 Å². The van der Waals surface area contributed by atoms with E-state index in [9.17, 15) is 4.79 Å². The molecule has 1 amide bonds. The first-order valence-electron chi connectivity index (χ1n) is 6.83. The van der Waals surface area contributed by atoms with E-state index in [2.05, 4.69) is 6.08 Å². The highest BCUT2D eigenvalue weighted by Crippen LogP contribution is 2.25. The van der Waals surface area contributed by atoms with Crippen LogP contribution in [-0.2, 0) is 9.53 Å². The van der Waals surface area contributed by atoms with Crippen molar-refractivity contribution in [3.05, 3.63) is 11.6 Å². The highest BCUT2D eigenvalue weighted by molar-refractivity contribution is 5.92. The van der Waals surface area contributed by atoms with Crippen molar-refractivity contribution in [3.63, 3.8) is 0 Å². The van der Waals surface area contributed by atoms with Crippen LogP contribution in [0.1, 0.15) is 39.0 Å². The third kappa shape index (κ3) is 3.56. The summed E-state index contributed by atoms with van der Waals surface area (Å²) in [5.74, 6) is 0.840. The van der Waals surface area contributed by atoms with Gasteiger partial charge in [0.1, 0.15) is 0 Å². The monoisotopic (exact) mass is 237 g/mol. The number of rotatable bonds is 2. The second kappa shape index (κ2) is 6.20. The summed E-state index contributed by atoms with van der Waals surface area (Å²) >= 11 is 0. The largest absolute Gasteiger partial charge is 0.378 e. The first-order chi connectivity index (χ1) is 8.27. The van der Waals surface area contributed by atoms with Crippen LogP contribution in [0.4, 0.5) is 0 Å². The van der Waals surface area contributed by atoms with Gasteiger partial charge < -0.3 is 9.64 Å². The maximum atomic E-state index is 12.2. The molecular weight excluding hydrogens is 214 g/mol. The molecule has 96 valence electrons. The maximum Gasteiger partial charge on any atom is 0.249 e. The molecule has 0 bridgehead atoms. The molecule has 2 aliphatic rings. The number of allylic oxidation sites excluding steroid dienone is 1. The third-order valence-corrected chi connectivity index (χ3v) is 3.77. The van der Waals surface area contributed by atoms with E-state index in [0.29, 0.717) is 19.1 Å². The molecule has 2 rings (SSSR count). The number of hydrogen-bond acceptors (Lipinski definition) is 2. The van der Waals surface area contributed by atoms with Gasteiger partial charge in [0.15, 0.2) is 0 Å². The van der Waals surface area contributed by atoms with Gasteiger partial charge >= 0.3 is 0 Å². The molecule has 3 heteroatoms. The molecule has 0 N–H and O–H groups in total. The Kier molecular flexibility index (Phi) is 4.60. The molecule has 0 spiro atoms. The molecule has 17 heavy (non-hydrogen) atoms. The fraction of sp³-hybridized carbons (Fsp3) is 0.786. The molecule has 1 saturated heterocycles. The van der Waals surface area contributed by atoms with Crippen molar-refractivity contribution in [2.75, 3.05) is 26.3 Å². The minimum absolute atomic E-state index is 0.207. The SMILES string of the molecule is C/C(=C\C1CCCCC1)C(=O)N1CCOCC1. The van der Waals surface area contributed by atoms with E-state index < -0.39 is 0 Å². The van der Waals surface area contributed by atoms with E-state index >= 15 is 0 Å². The van der Waals surface area contributed by atoms with Crippen molar-refractivity contribution >= 4 is 5.91 Å². The minimum Gasteiger partial charge on any atom is -0.378 e. The van der Waals surface area contributed by atoms with Crippen molar-refractivity contribution in [3.8, 4) is 0 Å². The lowest BCUT2D eigenvalue weighted by atomic mass is 9.88. The standard InChI is InChI=1S/C14H23NO2/c1-12(11-13-5-3-2-4-6-13)14(16)15-7-9-17-10-8-15/h11,13H,2-10H2,1H3/b12-11+. The second-order valence-corrected chi connectivity index (χ2v) is 5.15. The number of carbonyl (C=O) groups excluding carboxylic acids is 1. The number of nitrogens with zero attached hydrogens (tertiary/aromatic N) is 1. The summed E-state index contributed by atoms with van der Waals surface area (Å²) in [6.45, 7) is 4.82. The van der Waals surface area contributed by atoms with Gasteiger partial charge in [-0.3, -0.25) is 4.79 Å². The van der Waals surface area contributed by atoms with E-state index in [1.807, 2.05) is 11.8 Å². The number of carbonyl (C=O) groups is 1. The van der Waals surface area contributed by atoms with E-state index in [1.54, 1.807) is 0 Å². The second-order valence-electron chi connectivity index (χ2n) is 5.15. The summed E-state index contributed by atoms with van der Waals surface area (Å²) in [5.41, 5.74) is 0.929. The van der Waals surface area contributed by atoms with Crippen molar-refractivity contribution in [1.82, 2.24) is 4.90 Å². The minimum atomic E-state index is 0.207. The average Bonchev–Trinajstić information content (AvgIpc) is 2.40. The van der Waals surface area contributed by atoms with Crippen molar-refractivity contribution in [1.29, 1.82) is 0 Å². The highest BCUT2D eigenvalue weighted by atomic mass is 16.5. The molecule has 1 heterocycles. The molecule has 0 radical (unpaired) electrons. The van der Waals surface area contributed by atoms with Gasteiger partial charge in [-0.2, -0.15) is 0 Å². The van der Waals surface area contributed by atoms with Gasteiger partial charge in [-0.15, -0.1) is 0 Å². The van der Waals surface area contributed by atoms with Crippen LogP contribution in [0.5, 0.6) is 0 Å². The van der Waals surface area contributed by atoms with E-state index in [0.717, 1.165) is 18.7 Å². The van der Waals surface area contributed by atoms with E-state index in [1.165, 1.54) is 32.1 Å². The topological polar surface area (TPSA) is 29.5 Å². The maximum absolute atomic E-state index is 12.2. The van der Waals surface area contributed by atoms with Gasteiger partial charge in [0, 0.05) is 18.7 Å².